The van der Waals surface area contributed by atoms with Crippen molar-refractivity contribution in [2.75, 3.05) is 0 Å². The zero-order chi connectivity index (χ0) is 11.5. The highest BCUT2D eigenvalue weighted by Gasteiger charge is 2.24. The van der Waals surface area contributed by atoms with Crippen LogP contribution in [0.5, 0.6) is 0 Å². The fourth-order valence-corrected chi connectivity index (χ4v) is 2.08. The third kappa shape index (κ3) is 2.25. The molecule has 2 unspecified atom stereocenters. The summed E-state index contributed by atoms with van der Waals surface area (Å²) in [7, 11) is 0. The van der Waals surface area contributed by atoms with Crippen molar-refractivity contribution >= 4 is 5.97 Å². The molecule has 0 aliphatic heterocycles. The van der Waals surface area contributed by atoms with E-state index >= 15 is 0 Å². The summed E-state index contributed by atoms with van der Waals surface area (Å²) in [5.74, 6) is -0.318. The minimum Gasteiger partial charge on any atom is -0.456 e. The van der Waals surface area contributed by atoms with Crippen LogP contribution in [0.2, 0.25) is 0 Å². The number of esters is 1. The lowest BCUT2D eigenvalue weighted by atomic mass is 9.89. The van der Waals surface area contributed by atoms with Crippen LogP contribution in [0.1, 0.15) is 37.0 Å². The van der Waals surface area contributed by atoms with E-state index in [0.717, 1.165) is 24.8 Å². The Balaban J connectivity index is 2.16. The predicted molar refractivity (Wildman–Crippen MR) is 61.9 cm³/mol. The third-order valence-corrected chi connectivity index (χ3v) is 2.94. The minimum atomic E-state index is -0.547. The Bertz CT molecular complexity index is 387. The lowest BCUT2D eigenvalue weighted by Crippen LogP contribution is -2.30. The van der Waals surface area contributed by atoms with Crippen LogP contribution in [0.3, 0.4) is 0 Å². The molecular formula is C13H17NO2. The van der Waals surface area contributed by atoms with Crippen molar-refractivity contribution in [1.29, 1.82) is 0 Å². The van der Waals surface area contributed by atoms with Crippen molar-refractivity contribution in [1.82, 2.24) is 0 Å². The fraction of sp³-hybridized carbons (Fsp3) is 0.462. The summed E-state index contributed by atoms with van der Waals surface area (Å²) in [5, 5.41) is 0. The quantitative estimate of drug-likeness (QED) is 0.773. The molecule has 2 rings (SSSR count). The van der Waals surface area contributed by atoms with Crippen molar-refractivity contribution in [2.24, 2.45) is 5.73 Å². The van der Waals surface area contributed by atoms with Gasteiger partial charge in [0.15, 0.2) is 0 Å². The van der Waals surface area contributed by atoms with Gasteiger partial charge in [-0.25, -0.2) is 0 Å². The molecule has 0 saturated carbocycles. The first-order valence-electron chi connectivity index (χ1n) is 5.72. The Morgan fingerprint density at radius 3 is 3.00 bits per heavy atom. The molecule has 1 aliphatic rings. The Labute approximate surface area is 95.6 Å². The molecule has 3 heteroatoms. The molecule has 16 heavy (non-hydrogen) atoms. The molecule has 2 atom stereocenters. The Morgan fingerprint density at radius 1 is 1.50 bits per heavy atom. The van der Waals surface area contributed by atoms with E-state index in [1.54, 1.807) is 6.92 Å². The molecule has 0 amide bonds. The molecule has 1 aromatic rings. The summed E-state index contributed by atoms with van der Waals surface area (Å²) >= 11 is 0. The first kappa shape index (κ1) is 11.1. The number of carbonyl (C=O) groups is 1. The average molecular weight is 219 g/mol. The van der Waals surface area contributed by atoms with E-state index in [1.807, 2.05) is 18.2 Å². The summed E-state index contributed by atoms with van der Waals surface area (Å²) in [4.78, 5) is 11.5. The first-order valence-corrected chi connectivity index (χ1v) is 5.72. The van der Waals surface area contributed by atoms with Gasteiger partial charge in [0.1, 0.15) is 12.1 Å². The number of carbonyl (C=O) groups excluding carboxylic acids is 1. The SMILES string of the molecule is CC(N)C(=O)OC1CCCc2ccccc21. The zero-order valence-electron chi connectivity index (χ0n) is 9.48. The average Bonchev–Trinajstić information content (AvgIpc) is 2.29. The van der Waals surface area contributed by atoms with Crippen molar-refractivity contribution in [3.05, 3.63) is 35.4 Å². The van der Waals surface area contributed by atoms with Crippen LogP contribution in [-0.2, 0) is 16.0 Å². The molecule has 1 aliphatic carbocycles. The number of ether oxygens (including phenoxy) is 1. The second kappa shape index (κ2) is 4.66. The number of hydrogen-bond donors (Lipinski definition) is 1. The Morgan fingerprint density at radius 2 is 2.25 bits per heavy atom. The van der Waals surface area contributed by atoms with Crippen molar-refractivity contribution in [3.63, 3.8) is 0 Å². The topological polar surface area (TPSA) is 52.3 Å². The maximum Gasteiger partial charge on any atom is 0.323 e. The van der Waals surface area contributed by atoms with E-state index in [-0.39, 0.29) is 12.1 Å². The smallest absolute Gasteiger partial charge is 0.323 e. The zero-order valence-corrected chi connectivity index (χ0v) is 9.48. The molecular weight excluding hydrogens is 202 g/mol. The van der Waals surface area contributed by atoms with Crippen LogP contribution in [-0.4, -0.2) is 12.0 Å². The van der Waals surface area contributed by atoms with Crippen molar-refractivity contribution in [3.8, 4) is 0 Å². The Hall–Kier alpha value is -1.35. The van der Waals surface area contributed by atoms with Crippen LogP contribution in [0.4, 0.5) is 0 Å². The van der Waals surface area contributed by atoms with Gasteiger partial charge in [-0.2, -0.15) is 0 Å². The van der Waals surface area contributed by atoms with Crippen molar-refractivity contribution < 1.29 is 9.53 Å². The summed E-state index contributed by atoms with van der Waals surface area (Å²) in [6.07, 6.45) is 2.93. The highest BCUT2D eigenvalue weighted by atomic mass is 16.5. The lowest BCUT2D eigenvalue weighted by molar-refractivity contribution is -0.151. The highest BCUT2D eigenvalue weighted by Crippen LogP contribution is 2.32. The van der Waals surface area contributed by atoms with Crippen molar-refractivity contribution in [2.45, 2.75) is 38.3 Å². The largest absolute Gasteiger partial charge is 0.456 e. The third-order valence-electron chi connectivity index (χ3n) is 2.94. The van der Waals surface area contributed by atoms with Crippen LogP contribution in [0.25, 0.3) is 0 Å². The molecule has 2 N–H and O–H groups in total. The fourth-order valence-electron chi connectivity index (χ4n) is 2.08. The van der Waals surface area contributed by atoms with Gasteiger partial charge in [0.05, 0.1) is 0 Å². The monoisotopic (exact) mass is 219 g/mol. The number of hydrogen-bond acceptors (Lipinski definition) is 3. The van der Waals surface area contributed by atoms with E-state index in [1.165, 1.54) is 5.56 Å². The molecule has 0 spiro atoms. The molecule has 1 aromatic carbocycles. The predicted octanol–water partition coefficient (Wildman–Crippen LogP) is 1.95. The van der Waals surface area contributed by atoms with Gasteiger partial charge in [0.25, 0.3) is 0 Å². The number of rotatable bonds is 2. The van der Waals surface area contributed by atoms with Gasteiger partial charge in [-0.15, -0.1) is 0 Å². The summed E-state index contributed by atoms with van der Waals surface area (Å²) in [6.45, 7) is 1.65. The summed E-state index contributed by atoms with van der Waals surface area (Å²) < 4.78 is 5.42. The van der Waals surface area contributed by atoms with E-state index in [9.17, 15) is 4.79 Å². The molecule has 3 nitrogen and oxygen atoms in total. The Kier molecular flexibility index (Phi) is 3.25. The van der Waals surface area contributed by atoms with Gasteiger partial charge < -0.3 is 10.5 Å². The maximum absolute atomic E-state index is 11.5. The van der Waals surface area contributed by atoms with Gasteiger partial charge in [-0.1, -0.05) is 24.3 Å². The van der Waals surface area contributed by atoms with Gasteiger partial charge in [-0.3, -0.25) is 4.79 Å². The molecule has 0 fully saturated rings. The van der Waals surface area contributed by atoms with E-state index in [4.69, 9.17) is 10.5 Å². The number of nitrogens with two attached hydrogens (primary N) is 1. The number of benzene rings is 1. The number of fused-ring (bicyclic) bond motifs is 1. The van der Waals surface area contributed by atoms with Crippen LogP contribution >= 0.6 is 0 Å². The lowest BCUT2D eigenvalue weighted by Gasteiger charge is -2.25. The number of aryl methyl sites for hydroxylation is 1. The molecule has 86 valence electrons. The van der Waals surface area contributed by atoms with Crippen LogP contribution in [0, 0.1) is 0 Å². The van der Waals surface area contributed by atoms with E-state index < -0.39 is 6.04 Å². The normalized spacial score (nSPS) is 21.0. The second-order valence-corrected chi connectivity index (χ2v) is 4.31. The molecule has 0 aromatic heterocycles. The molecule has 0 saturated heterocycles. The van der Waals surface area contributed by atoms with E-state index in [0.29, 0.717) is 0 Å². The second-order valence-electron chi connectivity index (χ2n) is 4.31. The maximum atomic E-state index is 11.5. The first-order chi connectivity index (χ1) is 7.68. The summed E-state index contributed by atoms with van der Waals surface area (Å²) in [5.41, 5.74) is 7.93. The van der Waals surface area contributed by atoms with Gasteiger partial charge in [0, 0.05) is 0 Å². The van der Waals surface area contributed by atoms with E-state index in [2.05, 4.69) is 6.07 Å². The molecule has 0 bridgehead atoms. The minimum absolute atomic E-state index is 0.108. The molecule has 0 heterocycles. The standard InChI is InChI=1S/C13H17NO2/c1-9(14)13(15)16-12-8-4-6-10-5-2-3-7-11(10)12/h2-3,5,7,9,12H,4,6,8,14H2,1H3. The van der Waals surface area contributed by atoms with Gasteiger partial charge >= 0.3 is 5.97 Å². The van der Waals surface area contributed by atoms with Gasteiger partial charge in [0.2, 0.25) is 0 Å². The highest BCUT2D eigenvalue weighted by molar-refractivity contribution is 5.75. The molecule has 0 radical (unpaired) electrons. The van der Waals surface area contributed by atoms with Crippen LogP contribution < -0.4 is 5.73 Å². The van der Waals surface area contributed by atoms with Gasteiger partial charge in [-0.05, 0) is 37.3 Å². The van der Waals surface area contributed by atoms with Crippen LogP contribution in [0.15, 0.2) is 24.3 Å². The summed E-state index contributed by atoms with van der Waals surface area (Å²) in [6, 6.07) is 7.59.